The van der Waals surface area contributed by atoms with Crippen LogP contribution in [0, 0.1) is 0 Å². The minimum absolute atomic E-state index is 0.223. The van der Waals surface area contributed by atoms with E-state index in [9.17, 15) is 19.2 Å². The van der Waals surface area contributed by atoms with Gasteiger partial charge in [-0.05, 0) is 77.2 Å². The SMILES string of the molecule is O=C(O)c1ccc(-c2ccc(C(=O)O)cc2)cc1.O=C(O)c1ccc(Cc2ccc(C(=O)O)cc2)cc1. The average Bonchev–Trinajstić information content (AvgIpc) is 2.90. The molecule has 0 aliphatic heterocycles. The van der Waals surface area contributed by atoms with Crippen molar-refractivity contribution in [2.24, 2.45) is 0 Å². The van der Waals surface area contributed by atoms with E-state index < -0.39 is 23.9 Å². The van der Waals surface area contributed by atoms with Crippen molar-refractivity contribution in [2.75, 3.05) is 0 Å². The van der Waals surface area contributed by atoms with Crippen molar-refractivity contribution < 1.29 is 39.6 Å². The molecule has 0 amide bonds. The van der Waals surface area contributed by atoms with E-state index in [0.29, 0.717) is 6.42 Å². The fourth-order valence-corrected chi connectivity index (χ4v) is 3.38. The maximum absolute atomic E-state index is 10.7. The molecule has 0 heterocycles. The fraction of sp³-hybridized carbons (Fsp3) is 0.0345. The zero-order valence-electron chi connectivity index (χ0n) is 19.4. The first-order chi connectivity index (χ1) is 17.6. The first-order valence-electron chi connectivity index (χ1n) is 11.0. The van der Waals surface area contributed by atoms with Crippen LogP contribution in [0.5, 0.6) is 0 Å². The standard InChI is InChI=1S/C15H12O4.C14H10O4/c16-14(17)12-5-1-10(2-6-12)9-11-3-7-13(8-4-11)15(18)19;15-13(16)11-5-1-9(2-6-11)10-3-7-12(8-4-10)14(17)18/h1-8H,9H2,(H,16,17)(H,18,19);1-8H,(H,15,16)(H,17,18). The number of hydrogen-bond acceptors (Lipinski definition) is 4. The Morgan fingerprint density at radius 1 is 0.378 bits per heavy atom. The third-order valence-corrected chi connectivity index (χ3v) is 5.41. The number of benzene rings is 4. The lowest BCUT2D eigenvalue weighted by molar-refractivity contribution is 0.0686. The van der Waals surface area contributed by atoms with Crippen LogP contribution in [0.15, 0.2) is 97.1 Å². The highest BCUT2D eigenvalue weighted by atomic mass is 16.4. The Morgan fingerprint density at radius 3 is 0.811 bits per heavy atom. The van der Waals surface area contributed by atoms with Crippen LogP contribution in [0.3, 0.4) is 0 Å². The van der Waals surface area contributed by atoms with Gasteiger partial charge in [-0.25, -0.2) is 19.2 Å². The lowest BCUT2D eigenvalue weighted by Crippen LogP contribution is -1.98. The van der Waals surface area contributed by atoms with Gasteiger partial charge in [0.05, 0.1) is 22.3 Å². The minimum atomic E-state index is -0.970. The quantitative estimate of drug-likeness (QED) is 0.264. The summed E-state index contributed by atoms with van der Waals surface area (Å²) in [7, 11) is 0. The van der Waals surface area contributed by atoms with Crippen LogP contribution >= 0.6 is 0 Å². The van der Waals surface area contributed by atoms with Gasteiger partial charge >= 0.3 is 23.9 Å². The smallest absolute Gasteiger partial charge is 0.335 e. The van der Waals surface area contributed by atoms with Crippen LogP contribution in [0.4, 0.5) is 0 Å². The average molecular weight is 498 g/mol. The van der Waals surface area contributed by atoms with Crippen LogP contribution in [-0.4, -0.2) is 44.3 Å². The van der Waals surface area contributed by atoms with E-state index >= 15 is 0 Å². The molecular formula is C29H22O8. The van der Waals surface area contributed by atoms with Crippen molar-refractivity contribution in [1.82, 2.24) is 0 Å². The van der Waals surface area contributed by atoms with Gasteiger partial charge in [0.25, 0.3) is 0 Å². The van der Waals surface area contributed by atoms with Crippen LogP contribution in [0.25, 0.3) is 11.1 Å². The topological polar surface area (TPSA) is 149 Å². The first-order valence-corrected chi connectivity index (χ1v) is 11.0. The number of carboxylic acid groups (broad SMARTS) is 4. The molecule has 0 spiro atoms. The zero-order chi connectivity index (χ0) is 26.9. The zero-order valence-corrected chi connectivity index (χ0v) is 19.4. The summed E-state index contributed by atoms with van der Waals surface area (Å²) >= 11 is 0. The van der Waals surface area contributed by atoms with E-state index in [1.807, 2.05) is 0 Å². The molecule has 4 aromatic rings. The van der Waals surface area contributed by atoms with Gasteiger partial charge < -0.3 is 20.4 Å². The number of aromatic carboxylic acids is 4. The van der Waals surface area contributed by atoms with Gasteiger partial charge in [0.1, 0.15) is 0 Å². The van der Waals surface area contributed by atoms with Gasteiger partial charge in [-0.2, -0.15) is 0 Å². The fourth-order valence-electron chi connectivity index (χ4n) is 3.38. The van der Waals surface area contributed by atoms with Crippen LogP contribution in [-0.2, 0) is 6.42 Å². The van der Waals surface area contributed by atoms with E-state index in [-0.39, 0.29) is 22.3 Å². The van der Waals surface area contributed by atoms with E-state index in [1.165, 1.54) is 24.3 Å². The van der Waals surface area contributed by atoms with Crippen molar-refractivity contribution in [3.8, 4) is 11.1 Å². The van der Waals surface area contributed by atoms with Crippen LogP contribution < -0.4 is 0 Å². The van der Waals surface area contributed by atoms with E-state index in [4.69, 9.17) is 20.4 Å². The highest BCUT2D eigenvalue weighted by Crippen LogP contribution is 2.20. The van der Waals surface area contributed by atoms with Crippen molar-refractivity contribution in [3.63, 3.8) is 0 Å². The van der Waals surface area contributed by atoms with E-state index in [2.05, 4.69) is 0 Å². The summed E-state index contributed by atoms with van der Waals surface area (Å²) in [4.78, 5) is 42.8. The van der Waals surface area contributed by atoms with Gasteiger partial charge in [0, 0.05) is 0 Å². The molecule has 186 valence electrons. The maximum atomic E-state index is 10.7. The summed E-state index contributed by atoms with van der Waals surface area (Å²) < 4.78 is 0. The second-order valence-corrected chi connectivity index (χ2v) is 7.95. The van der Waals surface area contributed by atoms with Gasteiger partial charge in [-0.1, -0.05) is 48.5 Å². The Hall–Kier alpha value is -5.24. The molecule has 0 atom stereocenters. The highest BCUT2D eigenvalue weighted by molar-refractivity contribution is 5.90. The molecule has 0 saturated carbocycles. The van der Waals surface area contributed by atoms with E-state index in [0.717, 1.165) is 22.3 Å². The molecule has 4 rings (SSSR count). The molecule has 0 aliphatic rings. The minimum Gasteiger partial charge on any atom is -0.478 e. The number of rotatable bonds is 7. The molecule has 0 aliphatic carbocycles. The first kappa shape index (κ1) is 26.4. The molecular weight excluding hydrogens is 476 g/mol. The monoisotopic (exact) mass is 498 g/mol. The summed E-state index contributed by atoms with van der Waals surface area (Å²) in [6, 6.07) is 26.1. The molecule has 4 aromatic carbocycles. The molecule has 0 radical (unpaired) electrons. The predicted octanol–water partition coefficient (Wildman–Crippen LogP) is 5.42. The lowest BCUT2D eigenvalue weighted by atomic mass is 10.0. The highest BCUT2D eigenvalue weighted by Gasteiger charge is 2.06. The van der Waals surface area contributed by atoms with Gasteiger partial charge in [0.15, 0.2) is 0 Å². The third-order valence-electron chi connectivity index (χ3n) is 5.41. The van der Waals surface area contributed by atoms with E-state index in [1.54, 1.807) is 72.8 Å². The molecule has 4 N–H and O–H groups in total. The van der Waals surface area contributed by atoms with Crippen LogP contribution in [0.1, 0.15) is 52.6 Å². The Bertz CT molecular complexity index is 1290. The van der Waals surface area contributed by atoms with Crippen molar-refractivity contribution in [3.05, 3.63) is 130 Å². The summed E-state index contributed by atoms with van der Waals surface area (Å²) in [5.41, 5.74) is 4.60. The number of hydrogen-bond donors (Lipinski definition) is 4. The Balaban J connectivity index is 0.000000206. The number of carboxylic acids is 4. The molecule has 8 nitrogen and oxygen atoms in total. The summed E-state index contributed by atoms with van der Waals surface area (Å²) in [5, 5.41) is 35.1. The Kier molecular flexibility index (Phi) is 8.51. The molecule has 0 unspecified atom stereocenters. The molecule has 0 aromatic heterocycles. The summed E-state index contributed by atoms with van der Waals surface area (Å²) in [5.74, 6) is -3.83. The molecule has 0 fully saturated rings. The Morgan fingerprint density at radius 2 is 0.595 bits per heavy atom. The largest absolute Gasteiger partial charge is 0.478 e. The second-order valence-electron chi connectivity index (χ2n) is 7.95. The Labute approximate surface area is 211 Å². The van der Waals surface area contributed by atoms with Crippen molar-refractivity contribution >= 4 is 23.9 Å². The van der Waals surface area contributed by atoms with Gasteiger partial charge in [-0.3, -0.25) is 0 Å². The predicted molar refractivity (Wildman–Crippen MR) is 135 cm³/mol. The van der Waals surface area contributed by atoms with Crippen molar-refractivity contribution in [2.45, 2.75) is 6.42 Å². The van der Waals surface area contributed by atoms with Gasteiger partial charge in [0.2, 0.25) is 0 Å². The maximum Gasteiger partial charge on any atom is 0.335 e. The molecule has 8 heteroatoms. The molecule has 0 bridgehead atoms. The third kappa shape index (κ3) is 7.37. The second kappa shape index (κ2) is 11.9. The summed E-state index contributed by atoms with van der Waals surface area (Å²) in [6.45, 7) is 0. The molecule has 0 saturated heterocycles. The normalized spacial score (nSPS) is 10.1. The summed E-state index contributed by atoms with van der Waals surface area (Å²) in [6.07, 6.45) is 0.639. The van der Waals surface area contributed by atoms with Crippen LogP contribution in [0.2, 0.25) is 0 Å². The number of carbonyl (C=O) groups is 4. The molecule has 37 heavy (non-hydrogen) atoms. The van der Waals surface area contributed by atoms with Crippen molar-refractivity contribution in [1.29, 1.82) is 0 Å². The lowest BCUT2D eigenvalue weighted by Gasteiger charge is -2.03. The van der Waals surface area contributed by atoms with Gasteiger partial charge in [-0.15, -0.1) is 0 Å².